The van der Waals surface area contributed by atoms with Crippen LogP contribution in [-0.4, -0.2) is 34.0 Å². The molecule has 6 nitrogen and oxygen atoms in total. The fraction of sp³-hybridized carbons (Fsp3) is 0.278. The Hall–Kier alpha value is -2.54. The van der Waals surface area contributed by atoms with Gasteiger partial charge in [0, 0.05) is 13.0 Å². The molecule has 1 unspecified atom stereocenters. The molecule has 0 radical (unpaired) electrons. The molecule has 1 amide bonds. The van der Waals surface area contributed by atoms with Crippen molar-refractivity contribution in [1.29, 1.82) is 0 Å². The molecule has 2 aromatic rings. The van der Waals surface area contributed by atoms with E-state index in [0.29, 0.717) is 17.1 Å². The second-order valence-electron chi connectivity index (χ2n) is 5.94. The predicted octanol–water partition coefficient (Wildman–Crippen LogP) is 2.65. The fourth-order valence-electron chi connectivity index (χ4n) is 3.13. The van der Waals surface area contributed by atoms with Crippen molar-refractivity contribution >= 4 is 27.3 Å². The molecule has 0 spiro atoms. The Bertz CT molecular complexity index is 911. The van der Waals surface area contributed by atoms with Gasteiger partial charge in [-0.2, -0.15) is 0 Å². The van der Waals surface area contributed by atoms with E-state index >= 15 is 0 Å². The summed E-state index contributed by atoms with van der Waals surface area (Å²) in [7, 11) is -2.28. The lowest BCUT2D eigenvalue weighted by Gasteiger charge is -2.40. The van der Waals surface area contributed by atoms with E-state index in [1.165, 1.54) is 24.4 Å². The van der Waals surface area contributed by atoms with Crippen LogP contribution in [0.1, 0.15) is 13.8 Å². The van der Waals surface area contributed by atoms with E-state index in [1.54, 1.807) is 47.4 Å². The Morgan fingerprint density at radius 1 is 1.12 bits per heavy atom. The number of fused-ring (bicyclic) bond motifs is 1. The summed E-state index contributed by atoms with van der Waals surface area (Å²) < 4.78 is 32.9. The minimum absolute atomic E-state index is 0.113. The van der Waals surface area contributed by atoms with E-state index in [4.69, 9.17) is 4.74 Å². The van der Waals surface area contributed by atoms with E-state index in [0.717, 1.165) is 0 Å². The topological polar surface area (TPSA) is 66.9 Å². The number of nitrogens with zero attached hydrogens (tertiary/aromatic N) is 2. The van der Waals surface area contributed by atoms with Crippen molar-refractivity contribution in [3.63, 3.8) is 0 Å². The Morgan fingerprint density at radius 3 is 2.44 bits per heavy atom. The molecular formula is C18H20N2O4S. The highest BCUT2D eigenvalue weighted by molar-refractivity contribution is 7.92. The normalized spacial score (nSPS) is 17.2. The Kier molecular flexibility index (Phi) is 4.43. The van der Waals surface area contributed by atoms with E-state index in [2.05, 4.69) is 0 Å². The van der Waals surface area contributed by atoms with E-state index in [1.807, 2.05) is 6.92 Å². The molecule has 25 heavy (non-hydrogen) atoms. The van der Waals surface area contributed by atoms with Gasteiger partial charge in [-0.3, -0.25) is 9.10 Å². The van der Waals surface area contributed by atoms with Crippen molar-refractivity contribution in [2.75, 3.05) is 22.9 Å². The van der Waals surface area contributed by atoms with Crippen LogP contribution in [0.15, 0.2) is 53.4 Å². The van der Waals surface area contributed by atoms with Crippen LogP contribution in [0.3, 0.4) is 0 Å². The van der Waals surface area contributed by atoms with Gasteiger partial charge in [-0.15, -0.1) is 0 Å². The van der Waals surface area contributed by atoms with E-state index < -0.39 is 10.0 Å². The van der Waals surface area contributed by atoms with Crippen LogP contribution in [0.5, 0.6) is 5.75 Å². The molecule has 132 valence electrons. The van der Waals surface area contributed by atoms with Crippen LogP contribution >= 0.6 is 0 Å². The van der Waals surface area contributed by atoms with E-state index in [-0.39, 0.29) is 23.4 Å². The molecule has 0 saturated heterocycles. The largest absolute Gasteiger partial charge is 0.497 e. The van der Waals surface area contributed by atoms with Crippen molar-refractivity contribution in [3.8, 4) is 5.75 Å². The van der Waals surface area contributed by atoms with Gasteiger partial charge >= 0.3 is 0 Å². The smallest absolute Gasteiger partial charge is 0.264 e. The third kappa shape index (κ3) is 2.95. The molecule has 1 atom stereocenters. The van der Waals surface area contributed by atoms with Gasteiger partial charge in [0.2, 0.25) is 5.91 Å². The van der Waals surface area contributed by atoms with Gasteiger partial charge in [0.05, 0.1) is 36.0 Å². The number of hydrogen-bond acceptors (Lipinski definition) is 4. The van der Waals surface area contributed by atoms with Crippen LogP contribution in [0.25, 0.3) is 0 Å². The molecule has 3 rings (SSSR count). The molecule has 0 saturated carbocycles. The molecule has 1 heterocycles. The minimum Gasteiger partial charge on any atom is -0.497 e. The lowest BCUT2D eigenvalue weighted by Crippen LogP contribution is -2.51. The van der Waals surface area contributed by atoms with Crippen molar-refractivity contribution in [2.24, 2.45) is 0 Å². The first-order valence-corrected chi connectivity index (χ1v) is 9.36. The maximum Gasteiger partial charge on any atom is 0.264 e. The number of amides is 1. The minimum atomic E-state index is -3.77. The SMILES string of the molecule is COc1cccc(S(=O)(=O)N2CC(C)N(C(C)=O)c3ccccc32)c1. The average molecular weight is 360 g/mol. The third-order valence-electron chi connectivity index (χ3n) is 4.25. The van der Waals surface area contributed by atoms with Crippen LogP contribution in [0, 0.1) is 0 Å². The third-order valence-corrected chi connectivity index (χ3v) is 6.02. The Morgan fingerprint density at radius 2 is 1.80 bits per heavy atom. The second-order valence-corrected chi connectivity index (χ2v) is 7.80. The highest BCUT2D eigenvalue weighted by Crippen LogP contribution is 2.38. The summed E-state index contributed by atoms with van der Waals surface area (Å²) in [6.07, 6.45) is 0. The van der Waals surface area contributed by atoms with Gasteiger partial charge in [-0.1, -0.05) is 18.2 Å². The van der Waals surface area contributed by atoms with Crippen molar-refractivity contribution in [3.05, 3.63) is 48.5 Å². The first-order chi connectivity index (χ1) is 11.9. The number of para-hydroxylation sites is 2. The summed E-state index contributed by atoms with van der Waals surface area (Å²) in [6, 6.07) is 13.2. The summed E-state index contributed by atoms with van der Waals surface area (Å²) in [5.41, 5.74) is 1.10. The zero-order valence-corrected chi connectivity index (χ0v) is 15.2. The van der Waals surface area contributed by atoms with Crippen LogP contribution in [0.4, 0.5) is 11.4 Å². The van der Waals surface area contributed by atoms with Gasteiger partial charge in [0.25, 0.3) is 10.0 Å². The lowest BCUT2D eigenvalue weighted by atomic mass is 10.1. The number of rotatable bonds is 3. The molecule has 0 aliphatic carbocycles. The number of anilines is 2. The zero-order chi connectivity index (χ0) is 18.2. The van der Waals surface area contributed by atoms with Crippen LogP contribution < -0.4 is 13.9 Å². The van der Waals surface area contributed by atoms with Gasteiger partial charge in [-0.25, -0.2) is 8.42 Å². The quantitative estimate of drug-likeness (QED) is 0.844. The van der Waals surface area contributed by atoms with Crippen molar-refractivity contribution < 1.29 is 17.9 Å². The molecule has 0 bridgehead atoms. The number of benzene rings is 2. The summed E-state index contributed by atoms with van der Waals surface area (Å²) in [6.45, 7) is 3.51. The molecular weight excluding hydrogens is 340 g/mol. The van der Waals surface area contributed by atoms with Crippen LogP contribution in [0.2, 0.25) is 0 Å². The second kappa shape index (κ2) is 6.40. The van der Waals surface area contributed by atoms with Gasteiger partial charge in [-0.05, 0) is 31.2 Å². The fourth-order valence-corrected chi connectivity index (χ4v) is 4.73. The maximum atomic E-state index is 13.2. The molecule has 7 heteroatoms. The number of ether oxygens (including phenoxy) is 1. The standard InChI is InChI=1S/C18H20N2O4S/c1-13-12-19(17-9-4-5-10-18(17)20(13)14(2)21)25(22,23)16-8-6-7-15(11-16)24-3/h4-11,13H,12H2,1-3H3. The van der Waals surface area contributed by atoms with Gasteiger partial charge < -0.3 is 9.64 Å². The Balaban J connectivity index is 2.13. The molecule has 0 N–H and O–H groups in total. The molecule has 1 aliphatic rings. The molecule has 0 aromatic heterocycles. The number of sulfonamides is 1. The highest BCUT2D eigenvalue weighted by atomic mass is 32.2. The predicted molar refractivity (Wildman–Crippen MR) is 96.6 cm³/mol. The van der Waals surface area contributed by atoms with E-state index in [9.17, 15) is 13.2 Å². The number of carbonyl (C=O) groups excluding carboxylic acids is 1. The Labute approximate surface area is 147 Å². The number of hydrogen-bond donors (Lipinski definition) is 0. The van der Waals surface area contributed by atoms with Gasteiger partial charge in [0.1, 0.15) is 5.75 Å². The van der Waals surface area contributed by atoms with Crippen molar-refractivity contribution in [2.45, 2.75) is 24.8 Å². The zero-order valence-electron chi connectivity index (χ0n) is 14.3. The molecule has 1 aliphatic heterocycles. The maximum absolute atomic E-state index is 13.2. The molecule has 2 aromatic carbocycles. The first kappa shape index (κ1) is 17.3. The molecule has 0 fully saturated rings. The summed E-state index contributed by atoms with van der Waals surface area (Å²) in [5.74, 6) is 0.364. The van der Waals surface area contributed by atoms with Crippen molar-refractivity contribution in [1.82, 2.24) is 0 Å². The number of methoxy groups -OCH3 is 1. The summed E-state index contributed by atoms with van der Waals surface area (Å²) in [4.78, 5) is 13.8. The van der Waals surface area contributed by atoms with Gasteiger partial charge in [0.15, 0.2) is 0 Å². The van der Waals surface area contributed by atoms with Crippen LogP contribution in [-0.2, 0) is 14.8 Å². The summed E-state index contributed by atoms with van der Waals surface area (Å²) in [5, 5.41) is 0. The lowest BCUT2D eigenvalue weighted by molar-refractivity contribution is -0.117. The highest BCUT2D eigenvalue weighted by Gasteiger charge is 2.36. The summed E-state index contributed by atoms with van der Waals surface area (Å²) >= 11 is 0. The number of carbonyl (C=O) groups is 1. The first-order valence-electron chi connectivity index (χ1n) is 7.92. The average Bonchev–Trinajstić information content (AvgIpc) is 2.60. The monoisotopic (exact) mass is 360 g/mol.